The number of carbonyl (C=O) groups is 2. The van der Waals surface area contributed by atoms with Gasteiger partial charge in [0.1, 0.15) is 5.76 Å². The fourth-order valence-electron chi connectivity index (χ4n) is 1.86. The number of hydrogen-bond acceptors (Lipinski definition) is 3. The highest BCUT2D eigenvalue weighted by Crippen LogP contribution is 2.16. The van der Waals surface area contributed by atoms with Crippen molar-refractivity contribution in [2.24, 2.45) is 5.73 Å². The van der Waals surface area contributed by atoms with Crippen molar-refractivity contribution in [3.05, 3.63) is 53.4 Å². The van der Waals surface area contributed by atoms with Gasteiger partial charge in [-0.2, -0.15) is 0 Å². The van der Waals surface area contributed by atoms with Gasteiger partial charge in [-0.3, -0.25) is 4.79 Å². The molecule has 1 aromatic heterocycles. The molecule has 0 aliphatic rings. The van der Waals surface area contributed by atoms with Gasteiger partial charge < -0.3 is 20.4 Å². The molecule has 0 fully saturated rings. The molecule has 0 radical (unpaired) electrons. The number of furan rings is 1. The second-order valence-electron chi connectivity index (χ2n) is 4.66. The van der Waals surface area contributed by atoms with Crippen molar-refractivity contribution >= 4 is 29.2 Å². The number of rotatable bonds is 6. The first kappa shape index (κ1) is 15.9. The Morgan fingerprint density at radius 1 is 1.27 bits per heavy atom. The van der Waals surface area contributed by atoms with Gasteiger partial charge in [0.05, 0.1) is 12.8 Å². The van der Waals surface area contributed by atoms with Gasteiger partial charge in [-0.05, 0) is 30.3 Å². The maximum Gasteiger partial charge on any atom is 0.322 e. The van der Waals surface area contributed by atoms with Gasteiger partial charge in [-0.15, -0.1) is 0 Å². The number of urea groups is 1. The fraction of sp³-hybridized carbons (Fsp3) is 0.200. The molecule has 0 bridgehead atoms. The Morgan fingerprint density at radius 2 is 2.09 bits per heavy atom. The predicted molar refractivity (Wildman–Crippen MR) is 83.4 cm³/mol. The van der Waals surface area contributed by atoms with Crippen LogP contribution in [-0.2, 0) is 11.3 Å². The van der Waals surface area contributed by atoms with E-state index in [-0.39, 0.29) is 25.5 Å². The summed E-state index contributed by atoms with van der Waals surface area (Å²) in [6, 6.07) is 9.94. The molecular weight excluding hydrogens is 306 g/mol. The second kappa shape index (κ2) is 7.51. The third kappa shape index (κ3) is 4.82. The van der Waals surface area contributed by atoms with Gasteiger partial charge in [0.25, 0.3) is 0 Å². The highest BCUT2D eigenvalue weighted by molar-refractivity contribution is 6.30. The largest absolute Gasteiger partial charge is 0.467 e. The number of nitrogens with one attached hydrogen (secondary N) is 1. The first-order chi connectivity index (χ1) is 10.5. The first-order valence-corrected chi connectivity index (χ1v) is 7.04. The Hall–Kier alpha value is -2.47. The molecule has 6 nitrogen and oxygen atoms in total. The minimum absolute atomic E-state index is 0.0731. The summed E-state index contributed by atoms with van der Waals surface area (Å²) in [6.45, 7) is 0.440. The molecule has 7 heteroatoms. The average Bonchev–Trinajstić information content (AvgIpc) is 2.96. The van der Waals surface area contributed by atoms with Crippen LogP contribution >= 0.6 is 11.6 Å². The van der Waals surface area contributed by atoms with E-state index in [0.29, 0.717) is 16.5 Å². The Labute approximate surface area is 132 Å². The third-order valence-electron chi connectivity index (χ3n) is 2.92. The van der Waals surface area contributed by atoms with Gasteiger partial charge in [0, 0.05) is 23.7 Å². The number of amides is 3. The van der Waals surface area contributed by atoms with E-state index < -0.39 is 5.91 Å². The van der Waals surface area contributed by atoms with E-state index in [1.54, 1.807) is 36.4 Å². The predicted octanol–water partition coefficient (Wildman–Crippen LogP) is 2.84. The molecule has 0 atom stereocenters. The second-order valence-corrected chi connectivity index (χ2v) is 5.09. The molecule has 116 valence electrons. The lowest BCUT2D eigenvalue weighted by molar-refractivity contribution is -0.118. The number of nitrogens with two attached hydrogens (primary N) is 1. The first-order valence-electron chi connectivity index (χ1n) is 6.67. The summed E-state index contributed by atoms with van der Waals surface area (Å²) >= 11 is 5.88. The molecular formula is C15H16ClN3O3. The van der Waals surface area contributed by atoms with Crippen molar-refractivity contribution in [1.82, 2.24) is 4.90 Å². The van der Waals surface area contributed by atoms with Gasteiger partial charge in [0.15, 0.2) is 0 Å². The molecule has 3 amide bonds. The fourth-order valence-corrected chi connectivity index (χ4v) is 2.05. The van der Waals surface area contributed by atoms with Crippen LogP contribution in [0.2, 0.25) is 5.02 Å². The van der Waals surface area contributed by atoms with Gasteiger partial charge in [-0.25, -0.2) is 4.79 Å². The summed E-state index contributed by atoms with van der Waals surface area (Å²) in [7, 11) is 0. The number of hydrogen-bond donors (Lipinski definition) is 2. The van der Waals surface area contributed by atoms with Crippen molar-refractivity contribution in [2.45, 2.75) is 13.0 Å². The Morgan fingerprint density at radius 3 is 2.73 bits per heavy atom. The van der Waals surface area contributed by atoms with Crippen LogP contribution in [0.15, 0.2) is 47.1 Å². The van der Waals surface area contributed by atoms with E-state index in [2.05, 4.69) is 5.32 Å². The zero-order valence-electron chi connectivity index (χ0n) is 11.8. The van der Waals surface area contributed by atoms with Crippen molar-refractivity contribution in [3.8, 4) is 0 Å². The molecule has 1 heterocycles. The monoisotopic (exact) mass is 321 g/mol. The van der Waals surface area contributed by atoms with E-state index in [1.807, 2.05) is 0 Å². The molecule has 22 heavy (non-hydrogen) atoms. The smallest absolute Gasteiger partial charge is 0.322 e. The van der Waals surface area contributed by atoms with Crippen LogP contribution in [0.1, 0.15) is 12.2 Å². The van der Waals surface area contributed by atoms with Gasteiger partial charge in [0.2, 0.25) is 5.91 Å². The average molecular weight is 322 g/mol. The molecule has 2 aromatic rings. The standard InChI is InChI=1S/C15H16ClN3O3/c16-11-3-1-4-12(9-11)18-15(21)19(7-6-14(17)20)10-13-5-2-8-22-13/h1-5,8-9H,6-7,10H2,(H2,17,20)(H,18,21). The van der Waals surface area contributed by atoms with Gasteiger partial charge >= 0.3 is 6.03 Å². The summed E-state index contributed by atoms with van der Waals surface area (Å²) < 4.78 is 5.23. The van der Waals surface area contributed by atoms with E-state index >= 15 is 0 Å². The summed E-state index contributed by atoms with van der Waals surface area (Å²) in [6.07, 6.45) is 1.60. The van der Waals surface area contributed by atoms with Crippen LogP contribution in [0, 0.1) is 0 Å². The van der Waals surface area contributed by atoms with Crippen LogP contribution in [0.4, 0.5) is 10.5 Å². The molecule has 1 aromatic carbocycles. The number of halogens is 1. The molecule has 0 aliphatic heterocycles. The molecule has 0 saturated heterocycles. The minimum atomic E-state index is -0.472. The van der Waals surface area contributed by atoms with Crippen molar-refractivity contribution < 1.29 is 14.0 Å². The molecule has 0 spiro atoms. The molecule has 0 aliphatic carbocycles. The van der Waals surface area contributed by atoms with E-state index in [1.165, 1.54) is 11.2 Å². The van der Waals surface area contributed by atoms with Crippen molar-refractivity contribution in [1.29, 1.82) is 0 Å². The maximum absolute atomic E-state index is 12.3. The Bertz CT molecular complexity index is 643. The number of primary amides is 1. The van der Waals surface area contributed by atoms with Crippen LogP contribution in [-0.4, -0.2) is 23.4 Å². The zero-order valence-corrected chi connectivity index (χ0v) is 12.5. The summed E-state index contributed by atoms with van der Waals surface area (Å²) in [4.78, 5) is 24.7. The molecule has 0 saturated carbocycles. The minimum Gasteiger partial charge on any atom is -0.467 e. The normalized spacial score (nSPS) is 10.2. The van der Waals surface area contributed by atoms with E-state index in [4.69, 9.17) is 21.8 Å². The molecule has 2 rings (SSSR count). The van der Waals surface area contributed by atoms with Crippen molar-refractivity contribution in [2.75, 3.05) is 11.9 Å². The van der Waals surface area contributed by atoms with Crippen LogP contribution in [0.5, 0.6) is 0 Å². The number of anilines is 1. The highest BCUT2D eigenvalue weighted by Gasteiger charge is 2.16. The number of carbonyl (C=O) groups excluding carboxylic acids is 2. The van der Waals surface area contributed by atoms with Crippen LogP contribution in [0.3, 0.4) is 0 Å². The summed E-state index contributed by atoms with van der Waals surface area (Å²) in [5, 5.41) is 3.25. The number of benzene rings is 1. The topological polar surface area (TPSA) is 88.6 Å². The lowest BCUT2D eigenvalue weighted by Crippen LogP contribution is -2.36. The summed E-state index contributed by atoms with van der Waals surface area (Å²) in [5.41, 5.74) is 5.72. The van der Waals surface area contributed by atoms with Crippen molar-refractivity contribution in [3.63, 3.8) is 0 Å². The Balaban J connectivity index is 2.05. The molecule has 3 N–H and O–H groups in total. The zero-order chi connectivity index (χ0) is 15.9. The lowest BCUT2D eigenvalue weighted by atomic mass is 10.3. The number of nitrogens with zero attached hydrogens (tertiary/aromatic N) is 1. The maximum atomic E-state index is 12.3. The molecule has 0 unspecified atom stereocenters. The summed E-state index contributed by atoms with van der Waals surface area (Å²) in [5.74, 6) is 0.144. The quantitative estimate of drug-likeness (QED) is 0.857. The van der Waals surface area contributed by atoms with E-state index in [9.17, 15) is 9.59 Å². The van der Waals surface area contributed by atoms with E-state index in [0.717, 1.165) is 0 Å². The Kier molecular flexibility index (Phi) is 5.43. The lowest BCUT2D eigenvalue weighted by Gasteiger charge is -2.21. The van der Waals surface area contributed by atoms with Gasteiger partial charge in [-0.1, -0.05) is 17.7 Å². The highest BCUT2D eigenvalue weighted by atomic mass is 35.5. The van der Waals surface area contributed by atoms with Crippen LogP contribution < -0.4 is 11.1 Å². The third-order valence-corrected chi connectivity index (χ3v) is 3.15. The SMILES string of the molecule is NC(=O)CCN(Cc1ccco1)C(=O)Nc1cccc(Cl)c1. The van der Waals surface area contributed by atoms with Crippen LogP contribution in [0.25, 0.3) is 0 Å².